The van der Waals surface area contributed by atoms with E-state index in [2.05, 4.69) is 4.74 Å². The van der Waals surface area contributed by atoms with Crippen molar-refractivity contribution in [1.29, 1.82) is 0 Å². The minimum absolute atomic E-state index is 0.105. The fourth-order valence-electron chi connectivity index (χ4n) is 2.57. The first-order chi connectivity index (χ1) is 10.9. The van der Waals surface area contributed by atoms with Gasteiger partial charge in [-0.2, -0.15) is 8.78 Å². The summed E-state index contributed by atoms with van der Waals surface area (Å²) in [7, 11) is 0. The van der Waals surface area contributed by atoms with Gasteiger partial charge in [0.05, 0.1) is 5.92 Å². The predicted molar refractivity (Wildman–Crippen MR) is 81.9 cm³/mol. The van der Waals surface area contributed by atoms with Gasteiger partial charge in [0, 0.05) is 0 Å². The molecule has 1 saturated carbocycles. The molecule has 2 unspecified atom stereocenters. The highest BCUT2D eigenvalue weighted by atomic mass is 35.5. The molecule has 2 nitrogen and oxygen atoms in total. The normalized spacial score (nSPS) is 22.0. The van der Waals surface area contributed by atoms with E-state index in [1.165, 1.54) is 6.08 Å². The molecular weight excluding hydrogens is 395 g/mol. The van der Waals surface area contributed by atoms with Gasteiger partial charge >= 0.3 is 12.1 Å². The van der Waals surface area contributed by atoms with Crippen molar-refractivity contribution >= 4 is 40.8 Å². The van der Waals surface area contributed by atoms with Gasteiger partial charge < -0.3 is 4.74 Å². The number of carbonyl (C=O) groups is 1. The Morgan fingerprint density at radius 2 is 1.88 bits per heavy atom. The Bertz CT molecular complexity index is 715. The molecule has 0 aliphatic heterocycles. The number of alkyl halides is 2. The quantitative estimate of drug-likeness (QED) is 0.359. The summed E-state index contributed by atoms with van der Waals surface area (Å²) in [5.74, 6) is -5.56. The van der Waals surface area contributed by atoms with Gasteiger partial charge in [0.25, 0.3) is 0 Å². The van der Waals surface area contributed by atoms with E-state index in [1.807, 2.05) is 0 Å². The Morgan fingerprint density at radius 1 is 1.29 bits per heavy atom. The summed E-state index contributed by atoms with van der Waals surface area (Å²) in [5.41, 5.74) is -2.02. The zero-order chi connectivity index (χ0) is 18.4. The number of benzene rings is 1. The van der Waals surface area contributed by atoms with Crippen LogP contribution >= 0.6 is 34.8 Å². The van der Waals surface area contributed by atoms with Crippen molar-refractivity contribution in [2.45, 2.75) is 20.0 Å². The summed E-state index contributed by atoms with van der Waals surface area (Å²) in [6.45, 7) is 3.29. The monoisotopic (exact) mass is 404 g/mol. The number of hydrogen-bond donors (Lipinski definition) is 0. The third-order valence-corrected chi connectivity index (χ3v) is 4.65. The fraction of sp³-hybridized carbons (Fsp3) is 0.400. The van der Waals surface area contributed by atoms with E-state index in [0.717, 1.165) is 0 Å². The molecule has 0 N–H and O–H groups in total. The van der Waals surface area contributed by atoms with Crippen molar-refractivity contribution in [3.05, 3.63) is 44.9 Å². The van der Waals surface area contributed by atoms with E-state index in [0.29, 0.717) is 12.1 Å². The van der Waals surface area contributed by atoms with Gasteiger partial charge in [0.1, 0.15) is 20.9 Å². The lowest BCUT2D eigenvalue weighted by Gasteiger charge is -2.18. The van der Waals surface area contributed by atoms with E-state index in [9.17, 15) is 22.4 Å². The van der Waals surface area contributed by atoms with Crippen molar-refractivity contribution in [3.63, 3.8) is 0 Å². The molecule has 132 valence electrons. The molecule has 0 aromatic heterocycles. The fourth-order valence-corrected chi connectivity index (χ4v) is 3.01. The zero-order valence-electron chi connectivity index (χ0n) is 12.3. The third-order valence-electron chi connectivity index (χ3n) is 4.05. The summed E-state index contributed by atoms with van der Waals surface area (Å²) in [6.07, 6.45) is -2.96. The van der Waals surface area contributed by atoms with Crippen LogP contribution in [0.25, 0.3) is 0 Å². The summed E-state index contributed by atoms with van der Waals surface area (Å²) < 4.78 is 59.0. The number of halogens is 7. The van der Waals surface area contributed by atoms with Crippen LogP contribution in [0.4, 0.5) is 17.6 Å². The van der Waals surface area contributed by atoms with Crippen LogP contribution in [0.2, 0.25) is 5.02 Å². The highest BCUT2D eigenvalue weighted by Crippen LogP contribution is 2.60. The molecule has 1 aromatic carbocycles. The largest absolute Gasteiger partial charge is 0.431 e. The molecule has 9 heteroatoms. The molecule has 0 bridgehead atoms. The molecule has 0 amide bonds. The maximum absolute atomic E-state index is 14.1. The molecule has 1 aliphatic rings. The topological polar surface area (TPSA) is 26.3 Å². The van der Waals surface area contributed by atoms with Crippen molar-refractivity contribution in [2.24, 2.45) is 17.3 Å². The van der Waals surface area contributed by atoms with Crippen LogP contribution in [0, 0.1) is 28.9 Å². The average Bonchev–Trinajstić information content (AvgIpc) is 2.95. The maximum atomic E-state index is 14.1. The van der Waals surface area contributed by atoms with Crippen LogP contribution < -0.4 is 0 Å². The number of hydrogen-bond acceptors (Lipinski definition) is 2. The first-order valence-electron chi connectivity index (χ1n) is 6.67. The van der Waals surface area contributed by atoms with Gasteiger partial charge in [-0.25, -0.2) is 8.78 Å². The summed E-state index contributed by atoms with van der Waals surface area (Å²) in [4.78, 5) is 12.0. The van der Waals surface area contributed by atoms with Crippen LogP contribution in [0.3, 0.4) is 0 Å². The van der Waals surface area contributed by atoms with Gasteiger partial charge in [-0.1, -0.05) is 48.7 Å². The van der Waals surface area contributed by atoms with Crippen molar-refractivity contribution in [3.8, 4) is 0 Å². The van der Waals surface area contributed by atoms with Gasteiger partial charge in [-0.05, 0) is 29.5 Å². The molecule has 0 saturated heterocycles. The number of esters is 1. The number of allylic oxidation sites excluding steroid dienone is 1. The summed E-state index contributed by atoms with van der Waals surface area (Å²) >= 11 is 16.3. The lowest BCUT2D eigenvalue weighted by atomic mass is 10.1. The lowest BCUT2D eigenvalue weighted by molar-refractivity contribution is -0.243. The Hall–Kier alpha value is -0.980. The number of rotatable bonds is 4. The van der Waals surface area contributed by atoms with Crippen molar-refractivity contribution in [2.75, 3.05) is 0 Å². The van der Waals surface area contributed by atoms with E-state index < -0.39 is 51.5 Å². The Kier molecular flexibility index (Phi) is 5.15. The molecular formula is C15H11Cl3F4O2. The second-order valence-electron chi connectivity index (χ2n) is 5.94. The average molecular weight is 406 g/mol. The minimum Gasteiger partial charge on any atom is -0.397 e. The van der Waals surface area contributed by atoms with E-state index in [1.54, 1.807) is 13.8 Å². The van der Waals surface area contributed by atoms with Crippen molar-refractivity contribution < 1.29 is 27.1 Å². The van der Waals surface area contributed by atoms with Gasteiger partial charge in [0.15, 0.2) is 5.82 Å². The number of carbonyl (C=O) groups excluding carboxylic acids is 1. The first-order valence-corrected chi connectivity index (χ1v) is 7.80. The van der Waals surface area contributed by atoms with E-state index in [-0.39, 0.29) is 4.49 Å². The third kappa shape index (κ3) is 3.51. The van der Waals surface area contributed by atoms with Crippen LogP contribution in [0.15, 0.2) is 22.7 Å². The highest BCUT2D eigenvalue weighted by molar-refractivity contribution is 6.55. The van der Waals surface area contributed by atoms with E-state index in [4.69, 9.17) is 34.8 Å². The molecule has 24 heavy (non-hydrogen) atoms. The van der Waals surface area contributed by atoms with Gasteiger partial charge in [-0.3, -0.25) is 4.79 Å². The zero-order valence-corrected chi connectivity index (χ0v) is 14.6. The van der Waals surface area contributed by atoms with E-state index >= 15 is 0 Å². The SMILES string of the molecule is CC1(C)C(C=C(Cl)Cl)C1C(=O)OC(F)(F)c1ccc(F)c(Cl)c1F. The molecule has 0 spiro atoms. The Labute approximate surface area is 150 Å². The minimum atomic E-state index is -4.31. The highest BCUT2D eigenvalue weighted by Gasteiger charge is 2.63. The standard InChI is InChI=1S/C15H11Cl3F4O2/c1-14(2)7(5-9(16)17)10(14)13(23)24-15(21,22)6-3-4-8(19)11(18)12(6)20/h3-5,7,10H,1-2H3. The molecule has 1 aromatic rings. The Balaban J connectivity index is 2.23. The van der Waals surface area contributed by atoms with Gasteiger partial charge in [0.2, 0.25) is 0 Å². The summed E-state index contributed by atoms with van der Waals surface area (Å²) in [6, 6.07) is 1.03. The van der Waals surface area contributed by atoms with Gasteiger partial charge in [-0.15, -0.1) is 0 Å². The van der Waals surface area contributed by atoms with Crippen LogP contribution in [0.5, 0.6) is 0 Å². The maximum Gasteiger partial charge on any atom is 0.431 e. The first kappa shape index (κ1) is 19.3. The molecule has 1 aliphatic carbocycles. The molecule has 2 atom stereocenters. The second kappa shape index (κ2) is 6.39. The molecule has 2 rings (SSSR count). The predicted octanol–water partition coefficient (Wildman–Crippen LogP) is 5.80. The molecule has 1 fully saturated rings. The summed E-state index contributed by atoms with van der Waals surface area (Å²) in [5, 5.41) is -1.11. The smallest absolute Gasteiger partial charge is 0.397 e. The molecule has 0 radical (unpaired) electrons. The van der Waals surface area contributed by atoms with Crippen LogP contribution in [-0.4, -0.2) is 5.97 Å². The lowest BCUT2D eigenvalue weighted by Crippen LogP contribution is -2.26. The van der Waals surface area contributed by atoms with Crippen molar-refractivity contribution in [1.82, 2.24) is 0 Å². The Morgan fingerprint density at radius 3 is 2.42 bits per heavy atom. The molecule has 0 heterocycles. The second-order valence-corrected chi connectivity index (χ2v) is 7.33. The van der Waals surface area contributed by atoms with Crippen LogP contribution in [0.1, 0.15) is 19.4 Å². The number of ether oxygens (including phenoxy) is 1. The van der Waals surface area contributed by atoms with Crippen LogP contribution in [-0.2, 0) is 15.6 Å².